The van der Waals surface area contributed by atoms with Gasteiger partial charge in [0.25, 0.3) is 0 Å². The molecule has 1 aromatic carbocycles. The molecular weight excluding hydrogens is 262 g/mol. The van der Waals surface area contributed by atoms with Gasteiger partial charge in [-0.05, 0) is 24.1 Å². The Bertz CT molecular complexity index is 448. The minimum absolute atomic E-state index is 0.0476. The van der Waals surface area contributed by atoms with Gasteiger partial charge in [0.05, 0.1) is 5.75 Å². The van der Waals surface area contributed by atoms with Gasteiger partial charge in [-0.25, -0.2) is 8.42 Å². The van der Waals surface area contributed by atoms with Crippen molar-refractivity contribution >= 4 is 27.3 Å². The van der Waals surface area contributed by atoms with Crippen LogP contribution in [-0.2, 0) is 20.6 Å². The third kappa shape index (κ3) is 5.39. The lowest BCUT2D eigenvalue weighted by atomic mass is 10.2. The summed E-state index contributed by atoms with van der Waals surface area (Å²) in [6, 6.07) is 7.03. The van der Waals surface area contributed by atoms with Gasteiger partial charge in [0.2, 0.25) is 10.0 Å². The van der Waals surface area contributed by atoms with Crippen LogP contribution in [0, 0.1) is 0 Å². The number of rotatable bonds is 7. The number of alkyl halides is 1. The molecule has 0 heterocycles. The second-order valence-corrected chi connectivity index (χ2v) is 5.71. The minimum atomic E-state index is -3.30. The van der Waals surface area contributed by atoms with Crippen molar-refractivity contribution in [2.24, 2.45) is 0 Å². The molecular formula is C11H16ClNO3S. The zero-order chi connectivity index (χ0) is 12.7. The molecule has 0 atom stereocenters. The summed E-state index contributed by atoms with van der Waals surface area (Å²) in [5, 5.41) is 0. The molecule has 0 saturated heterocycles. The van der Waals surface area contributed by atoms with Crippen molar-refractivity contribution in [3.05, 3.63) is 29.8 Å². The first-order valence-corrected chi connectivity index (χ1v) is 7.40. The van der Waals surface area contributed by atoms with Crippen LogP contribution in [-0.4, -0.2) is 27.9 Å². The summed E-state index contributed by atoms with van der Waals surface area (Å²) < 4.78 is 30.7. The van der Waals surface area contributed by atoms with Crippen molar-refractivity contribution < 1.29 is 13.2 Å². The highest BCUT2D eigenvalue weighted by molar-refractivity contribution is 7.92. The summed E-state index contributed by atoms with van der Waals surface area (Å²) >= 11 is 5.68. The number of hydrogen-bond donors (Lipinski definition) is 1. The highest BCUT2D eigenvalue weighted by Crippen LogP contribution is 2.14. The van der Waals surface area contributed by atoms with Gasteiger partial charge < -0.3 is 4.74 Å². The first-order valence-electron chi connectivity index (χ1n) is 5.22. The fraction of sp³-hybridized carbons (Fsp3) is 0.455. The predicted octanol–water partition coefficient (Wildman–Crippen LogP) is 2.20. The molecule has 17 heavy (non-hydrogen) atoms. The first-order chi connectivity index (χ1) is 8.07. The van der Waals surface area contributed by atoms with Crippen LogP contribution >= 0.6 is 11.6 Å². The highest BCUT2D eigenvalue weighted by Gasteiger charge is 2.09. The van der Waals surface area contributed by atoms with Crippen LogP contribution < -0.4 is 4.72 Å². The quantitative estimate of drug-likeness (QED) is 0.614. The Morgan fingerprint density at radius 2 is 2.18 bits per heavy atom. The van der Waals surface area contributed by atoms with E-state index in [9.17, 15) is 8.42 Å². The Morgan fingerprint density at radius 3 is 2.82 bits per heavy atom. The number of methoxy groups -OCH3 is 1. The van der Waals surface area contributed by atoms with Crippen molar-refractivity contribution in [2.45, 2.75) is 12.3 Å². The third-order valence-corrected chi connectivity index (χ3v) is 3.80. The van der Waals surface area contributed by atoms with Crippen molar-refractivity contribution in [2.75, 3.05) is 24.2 Å². The van der Waals surface area contributed by atoms with Crippen LogP contribution in [0.1, 0.15) is 12.0 Å². The van der Waals surface area contributed by atoms with E-state index in [1.807, 2.05) is 6.07 Å². The monoisotopic (exact) mass is 277 g/mol. The summed E-state index contributed by atoms with van der Waals surface area (Å²) in [7, 11) is -1.76. The maximum absolute atomic E-state index is 11.7. The molecule has 0 bridgehead atoms. The molecule has 0 radical (unpaired) electrons. The van der Waals surface area contributed by atoms with Gasteiger partial charge in [-0.15, -0.1) is 11.6 Å². The second kappa shape index (κ2) is 6.83. The predicted molar refractivity (Wildman–Crippen MR) is 69.9 cm³/mol. The lowest BCUT2D eigenvalue weighted by Gasteiger charge is -2.08. The summed E-state index contributed by atoms with van der Waals surface area (Å²) in [4.78, 5) is 0. The van der Waals surface area contributed by atoms with Crippen LogP contribution in [0.3, 0.4) is 0 Å². The number of hydrogen-bond acceptors (Lipinski definition) is 3. The van der Waals surface area contributed by atoms with E-state index >= 15 is 0 Å². The molecule has 6 heteroatoms. The van der Waals surface area contributed by atoms with E-state index in [1.54, 1.807) is 25.3 Å². The summed E-state index contributed by atoms with van der Waals surface area (Å²) in [5.41, 5.74) is 1.42. The molecule has 0 aliphatic heterocycles. The second-order valence-electron chi connectivity index (χ2n) is 3.60. The van der Waals surface area contributed by atoms with E-state index in [1.165, 1.54) is 0 Å². The minimum Gasteiger partial charge on any atom is -0.385 e. The van der Waals surface area contributed by atoms with Gasteiger partial charge in [-0.1, -0.05) is 12.1 Å². The summed E-state index contributed by atoms with van der Waals surface area (Å²) in [6.07, 6.45) is 0.473. The average Bonchev–Trinajstić information content (AvgIpc) is 2.29. The molecule has 4 nitrogen and oxygen atoms in total. The molecule has 0 amide bonds. The van der Waals surface area contributed by atoms with Crippen LogP contribution in [0.2, 0.25) is 0 Å². The molecule has 96 valence electrons. The number of halogens is 1. The summed E-state index contributed by atoms with van der Waals surface area (Å²) in [5.74, 6) is 0.408. The Labute approximate surface area is 107 Å². The summed E-state index contributed by atoms with van der Waals surface area (Å²) in [6.45, 7) is 0.433. The Morgan fingerprint density at radius 1 is 1.41 bits per heavy atom. The van der Waals surface area contributed by atoms with Crippen molar-refractivity contribution in [1.82, 2.24) is 0 Å². The standard InChI is InChI=1S/C11H16ClNO3S/c1-16-6-3-7-17(14,15)13-11-5-2-4-10(8-11)9-12/h2,4-5,8,13H,3,6-7,9H2,1H3. The van der Waals surface area contributed by atoms with Crippen LogP contribution in [0.25, 0.3) is 0 Å². The van der Waals surface area contributed by atoms with E-state index in [0.717, 1.165) is 5.56 Å². The van der Waals surface area contributed by atoms with Crippen LogP contribution in [0.4, 0.5) is 5.69 Å². The number of nitrogens with one attached hydrogen (secondary N) is 1. The smallest absolute Gasteiger partial charge is 0.232 e. The lowest BCUT2D eigenvalue weighted by molar-refractivity contribution is 0.199. The lowest BCUT2D eigenvalue weighted by Crippen LogP contribution is -2.17. The van der Waals surface area contributed by atoms with E-state index in [0.29, 0.717) is 24.6 Å². The normalized spacial score (nSPS) is 11.4. The number of ether oxygens (including phenoxy) is 1. The first kappa shape index (κ1) is 14.3. The Kier molecular flexibility index (Phi) is 5.74. The zero-order valence-corrected chi connectivity index (χ0v) is 11.2. The Hall–Kier alpha value is -0.780. The van der Waals surface area contributed by atoms with Crippen molar-refractivity contribution in [3.8, 4) is 0 Å². The van der Waals surface area contributed by atoms with Gasteiger partial charge in [-0.2, -0.15) is 0 Å². The van der Waals surface area contributed by atoms with E-state index < -0.39 is 10.0 Å². The zero-order valence-electron chi connectivity index (χ0n) is 9.65. The largest absolute Gasteiger partial charge is 0.385 e. The average molecular weight is 278 g/mol. The number of benzene rings is 1. The van der Waals surface area contributed by atoms with Crippen molar-refractivity contribution in [3.63, 3.8) is 0 Å². The molecule has 0 aliphatic rings. The SMILES string of the molecule is COCCCS(=O)(=O)Nc1cccc(CCl)c1. The molecule has 1 rings (SSSR count). The van der Waals surface area contributed by atoms with Gasteiger partial charge in [0.1, 0.15) is 0 Å². The van der Waals surface area contributed by atoms with E-state index in [-0.39, 0.29) is 5.75 Å². The third-order valence-electron chi connectivity index (χ3n) is 2.12. The molecule has 0 aliphatic carbocycles. The topological polar surface area (TPSA) is 55.4 Å². The fourth-order valence-electron chi connectivity index (χ4n) is 1.34. The van der Waals surface area contributed by atoms with E-state index in [4.69, 9.17) is 16.3 Å². The fourth-order valence-corrected chi connectivity index (χ4v) is 2.59. The van der Waals surface area contributed by atoms with Crippen molar-refractivity contribution in [1.29, 1.82) is 0 Å². The highest BCUT2D eigenvalue weighted by atomic mass is 35.5. The van der Waals surface area contributed by atoms with E-state index in [2.05, 4.69) is 4.72 Å². The molecule has 0 unspecified atom stereocenters. The maximum atomic E-state index is 11.7. The maximum Gasteiger partial charge on any atom is 0.232 e. The molecule has 1 aromatic rings. The molecule has 0 fully saturated rings. The molecule has 0 saturated carbocycles. The van der Waals surface area contributed by atoms with Gasteiger partial charge >= 0.3 is 0 Å². The van der Waals surface area contributed by atoms with Crippen LogP contribution in [0.5, 0.6) is 0 Å². The molecule has 1 N–H and O–H groups in total. The van der Waals surface area contributed by atoms with Gasteiger partial charge in [0, 0.05) is 25.3 Å². The molecule has 0 aromatic heterocycles. The van der Waals surface area contributed by atoms with Crippen LogP contribution in [0.15, 0.2) is 24.3 Å². The van der Waals surface area contributed by atoms with Gasteiger partial charge in [0.15, 0.2) is 0 Å². The van der Waals surface area contributed by atoms with Gasteiger partial charge in [-0.3, -0.25) is 4.72 Å². The Balaban J connectivity index is 2.62. The molecule has 0 spiro atoms. The number of anilines is 1. The number of sulfonamides is 1.